The Morgan fingerprint density at radius 3 is 2.63 bits per heavy atom. The summed E-state index contributed by atoms with van der Waals surface area (Å²) < 4.78 is 5.58. The molecule has 0 aliphatic carbocycles. The number of rotatable bonds is 5. The Bertz CT molecular complexity index is 539. The van der Waals surface area contributed by atoms with Crippen LogP contribution < -0.4 is 5.73 Å². The van der Waals surface area contributed by atoms with E-state index in [4.69, 9.17) is 21.8 Å². The van der Waals surface area contributed by atoms with Crippen molar-refractivity contribution in [2.24, 2.45) is 11.7 Å². The third kappa shape index (κ3) is 3.55. The predicted octanol–water partition coefficient (Wildman–Crippen LogP) is 3.16. The first-order valence-electron chi connectivity index (χ1n) is 6.39. The molecule has 4 nitrogen and oxygen atoms in total. The molecule has 2 aromatic rings. The molecule has 102 valence electrons. The third-order valence-corrected chi connectivity index (χ3v) is 3.42. The lowest BCUT2D eigenvalue weighted by atomic mass is 10.1. The highest BCUT2D eigenvalue weighted by molar-refractivity contribution is 6.31. The van der Waals surface area contributed by atoms with Crippen molar-refractivity contribution >= 4 is 11.6 Å². The fraction of sp³-hybridized carbons (Fsp3) is 0.429. The lowest BCUT2D eigenvalue weighted by Crippen LogP contribution is -2.16. The summed E-state index contributed by atoms with van der Waals surface area (Å²) in [5.74, 6) is 1.38. The topological polar surface area (TPSA) is 64.9 Å². The van der Waals surface area contributed by atoms with E-state index in [0.717, 1.165) is 17.0 Å². The average Bonchev–Trinajstić information content (AvgIpc) is 2.85. The van der Waals surface area contributed by atoms with Crippen LogP contribution in [0.1, 0.15) is 37.2 Å². The van der Waals surface area contributed by atoms with Crippen LogP contribution in [0.3, 0.4) is 0 Å². The van der Waals surface area contributed by atoms with Gasteiger partial charge in [0.15, 0.2) is 0 Å². The van der Waals surface area contributed by atoms with Gasteiger partial charge in [0, 0.05) is 11.4 Å². The van der Waals surface area contributed by atoms with Crippen molar-refractivity contribution in [2.75, 3.05) is 0 Å². The summed E-state index contributed by atoms with van der Waals surface area (Å²) in [5, 5.41) is 8.79. The summed E-state index contributed by atoms with van der Waals surface area (Å²) in [6, 6.07) is 7.55. The minimum atomic E-state index is -0.207. The molecular weight excluding hydrogens is 262 g/mol. The van der Waals surface area contributed by atoms with Crippen molar-refractivity contribution in [3.8, 4) is 0 Å². The molecule has 2 rings (SSSR count). The van der Waals surface area contributed by atoms with Crippen LogP contribution in [0.2, 0.25) is 5.02 Å². The highest BCUT2D eigenvalue weighted by atomic mass is 35.5. The molecule has 0 spiro atoms. The first kappa shape index (κ1) is 14.0. The van der Waals surface area contributed by atoms with E-state index >= 15 is 0 Å². The highest BCUT2D eigenvalue weighted by Crippen LogP contribution is 2.19. The summed E-state index contributed by atoms with van der Waals surface area (Å²) >= 11 is 6.10. The fourth-order valence-corrected chi connectivity index (χ4v) is 1.96. The van der Waals surface area contributed by atoms with Gasteiger partial charge in [0.2, 0.25) is 11.8 Å². The molecule has 1 aromatic carbocycles. The molecule has 0 aliphatic rings. The van der Waals surface area contributed by atoms with Gasteiger partial charge in [-0.15, -0.1) is 10.2 Å². The number of hydrogen-bond acceptors (Lipinski definition) is 4. The van der Waals surface area contributed by atoms with Crippen molar-refractivity contribution in [1.29, 1.82) is 0 Å². The molecule has 0 saturated carbocycles. The van der Waals surface area contributed by atoms with Crippen LogP contribution in [0, 0.1) is 5.92 Å². The van der Waals surface area contributed by atoms with Gasteiger partial charge < -0.3 is 10.2 Å². The predicted molar refractivity (Wildman–Crippen MR) is 74.9 cm³/mol. The second-order valence-corrected chi connectivity index (χ2v) is 5.30. The zero-order valence-electron chi connectivity index (χ0n) is 11.1. The quantitative estimate of drug-likeness (QED) is 0.913. The lowest BCUT2D eigenvalue weighted by molar-refractivity contribution is 0.370. The summed E-state index contributed by atoms with van der Waals surface area (Å²) in [6.07, 6.45) is 1.44. The number of nitrogens with zero attached hydrogens (tertiary/aromatic N) is 2. The maximum atomic E-state index is 6.10. The summed E-state index contributed by atoms with van der Waals surface area (Å²) in [4.78, 5) is 0. The maximum Gasteiger partial charge on any atom is 0.233 e. The minimum absolute atomic E-state index is 0.207. The van der Waals surface area contributed by atoms with Crippen LogP contribution >= 0.6 is 11.6 Å². The Labute approximate surface area is 118 Å². The Kier molecular flexibility index (Phi) is 4.56. The number of nitrogens with two attached hydrogens (primary N) is 1. The molecule has 1 aromatic heterocycles. The molecule has 2 N–H and O–H groups in total. The van der Waals surface area contributed by atoms with Gasteiger partial charge in [-0.3, -0.25) is 0 Å². The summed E-state index contributed by atoms with van der Waals surface area (Å²) in [5.41, 5.74) is 7.05. The van der Waals surface area contributed by atoms with Crippen molar-refractivity contribution in [3.05, 3.63) is 46.6 Å². The largest absolute Gasteiger partial charge is 0.424 e. The van der Waals surface area contributed by atoms with Crippen molar-refractivity contribution in [1.82, 2.24) is 10.2 Å². The number of benzene rings is 1. The zero-order valence-corrected chi connectivity index (χ0v) is 11.9. The van der Waals surface area contributed by atoms with Gasteiger partial charge in [-0.1, -0.05) is 43.6 Å². The second kappa shape index (κ2) is 6.17. The molecule has 0 fully saturated rings. The Morgan fingerprint density at radius 1 is 1.21 bits per heavy atom. The van der Waals surface area contributed by atoms with Crippen molar-refractivity contribution in [3.63, 3.8) is 0 Å². The summed E-state index contributed by atoms with van der Waals surface area (Å²) in [7, 11) is 0. The van der Waals surface area contributed by atoms with Crippen LogP contribution in [0.25, 0.3) is 0 Å². The maximum absolute atomic E-state index is 6.10. The molecule has 0 amide bonds. The monoisotopic (exact) mass is 279 g/mol. The van der Waals surface area contributed by atoms with E-state index < -0.39 is 0 Å². The first-order valence-corrected chi connectivity index (χ1v) is 6.77. The van der Waals surface area contributed by atoms with E-state index in [-0.39, 0.29) is 12.0 Å². The van der Waals surface area contributed by atoms with Gasteiger partial charge in [0.25, 0.3) is 0 Å². The fourth-order valence-electron chi connectivity index (χ4n) is 1.73. The molecule has 5 heteroatoms. The molecule has 0 bridgehead atoms. The van der Waals surface area contributed by atoms with Gasteiger partial charge in [-0.05, 0) is 24.0 Å². The number of aryl methyl sites for hydroxylation is 2. The van der Waals surface area contributed by atoms with Crippen LogP contribution in [0.5, 0.6) is 0 Å². The number of aromatic nitrogens is 2. The lowest BCUT2D eigenvalue weighted by Gasteiger charge is -2.09. The average molecular weight is 280 g/mol. The number of hydrogen-bond donors (Lipinski definition) is 1. The Balaban J connectivity index is 1.99. The first-order chi connectivity index (χ1) is 9.08. The molecule has 19 heavy (non-hydrogen) atoms. The molecule has 1 atom stereocenters. The van der Waals surface area contributed by atoms with Crippen LogP contribution in [0.15, 0.2) is 28.7 Å². The minimum Gasteiger partial charge on any atom is -0.424 e. The van der Waals surface area contributed by atoms with Gasteiger partial charge in [0.05, 0.1) is 6.04 Å². The molecule has 0 radical (unpaired) electrons. The second-order valence-electron chi connectivity index (χ2n) is 4.90. The SMILES string of the molecule is CC(C)C(N)c1nnc(CCc2ccccc2Cl)o1. The molecule has 1 unspecified atom stereocenters. The normalized spacial score (nSPS) is 12.9. The van der Waals surface area contributed by atoms with E-state index in [0.29, 0.717) is 18.2 Å². The van der Waals surface area contributed by atoms with Gasteiger partial charge in [-0.2, -0.15) is 0 Å². The van der Waals surface area contributed by atoms with Gasteiger partial charge in [0.1, 0.15) is 0 Å². The number of halogens is 1. The van der Waals surface area contributed by atoms with Crippen LogP contribution in [-0.4, -0.2) is 10.2 Å². The zero-order chi connectivity index (χ0) is 13.8. The van der Waals surface area contributed by atoms with E-state index in [2.05, 4.69) is 10.2 Å². The highest BCUT2D eigenvalue weighted by Gasteiger charge is 2.17. The molecule has 1 heterocycles. The Morgan fingerprint density at radius 2 is 1.95 bits per heavy atom. The van der Waals surface area contributed by atoms with Crippen LogP contribution in [-0.2, 0) is 12.8 Å². The van der Waals surface area contributed by atoms with Crippen molar-refractivity contribution < 1.29 is 4.42 Å². The van der Waals surface area contributed by atoms with Gasteiger partial charge in [-0.25, -0.2) is 0 Å². The summed E-state index contributed by atoms with van der Waals surface area (Å²) in [6.45, 7) is 4.05. The third-order valence-electron chi connectivity index (χ3n) is 3.05. The van der Waals surface area contributed by atoms with Crippen LogP contribution in [0.4, 0.5) is 0 Å². The smallest absolute Gasteiger partial charge is 0.233 e. The Hall–Kier alpha value is -1.39. The van der Waals surface area contributed by atoms with Gasteiger partial charge >= 0.3 is 0 Å². The van der Waals surface area contributed by atoms with E-state index in [9.17, 15) is 0 Å². The molecular formula is C14H18ClN3O. The van der Waals surface area contributed by atoms with E-state index in [1.54, 1.807) is 0 Å². The van der Waals surface area contributed by atoms with Crippen molar-refractivity contribution in [2.45, 2.75) is 32.7 Å². The standard InChI is InChI=1S/C14H18ClN3O/c1-9(2)13(16)14-18-17-12(19-14)8-7-10-5-3-4-6-11(10)15/h3-6,9,13H,7-8,16H2,1-2H3. The van der Waals surface area contributed by atoms with E-state index in [1.807, 2.05) is 38.1 Å². The molecule has 0 saturated heterocycles. The molecule has 0 aliphatic heterocycles. The van der Waals surface area contributed by atoms with E-state index in [1.165, 1.54) is 0 Å².